The van der Waals surface area contributed by atoms with E-state index in [9.17, 15) is 23.3 Å². The first-order valence-electron chi connectivity index (χ1n) is 11.8. The minimum atomic E-state index is -3.84. The molecule has 9 nitrogen and oxygen atoms in total. The van der Waals surface area contributed by atoms with Gasteiger partial charge < -0.3 is 10.1 Å². The molecule has 0 spiro atoms. The number of hydrogen-bond donors (Lipinski definition) is 2. The lowest BCUT2D eigenvalue weighted by Crippen LogP contribution is -2.16. The molecule has 4 aromatic carbocycles. The number of hydrogen-bond acceptors (Lipinski definition) is 7. The summed E-state index contributed by atoms with van der Waals surface area (Å²) in [7, 11) is -2.21. The van der Waals surface area contributed by atoms with Crippen LogP contribution >= 0.6 is 0 Å². The van der Waals surface area contributed by atoms with Crippen LogP contribution in [0.3, 0.4) is 0 Å². The van der Waals surface area contributed by atoms with E-state index >= 15 is 0 Å². The molecule has 4 aromatic rings. The number of nitrogens with two attached hydrogens (primary N) is 1. The molecule has 196 valence electrons. The lowest BCUT2D eigenvalue weighted by molar-refractivity contribution is -0.384. The molecule has 0 aliphatic rings. The quantitative estimate of drug-likeness (QED) is 0.201. The fraction of sp³-hybridized carbons (Fsp3) is 0.179. The summed E-state index contributed by atoms with van der Waals surface area (Å²) in [4.78, 5) is 23.6. The zero-order valence-electron chi connectivity index (χ0n) is 20.7. The number of carbonyl (C=O) groups excluding carboxylic acids is 1. The summed E-state index contributed by atoms with van der Waals surface area (Å²) < 4.78 is 28.4. The number of nitro benzene ring substituents is 1. The maximum Gasteiger partial charge on any atom is 0.269 e. The third-order valence-corrected chi connectivity index (χ3v) is 7.20. The first-order valence-corrected chi connectivity index (χ1v) is 13.4. The van der Waals surface area contributed by atoms with Crippen LogP contribution in [0, 0.1) is 10.1 Å². The molecule has 38 heavy (non-hydrogen) atoms. The van der Waals surface area contributed by atoms with E-state index in [1.54, 1.807) is 31.4 Å². The number of benzene rings is 4. The highest BCUT2D eigenvalue weighted by Crippen LogP contribution is 2.27. The summed E-state index contributed by atoms with van der Waals surface area (Å²) >= 11 is 0. The third kappa shape index (κ3) is 6.72. The predicted octanol–water partition coefficient (Wildman–Crippen LogP) is 5.15. The van der Waals surface area contributed by atoms with Crippen LogP contribution in [-0.2, 0) is 21.2 Å². The molecule has 0 aliphatic carbocycles. The molecule has 0 radical (unpaired) electrons. The Morgan fingerprint density at radius 1 is 0.974 bits per heavy atom. The number of nitro groups is 1. The summed E-state index contributed by atoms with van der Waals surface area (Å²) in [6.07, 6.45) is 1.02. The van der Waals surface area contributed by atoms with Crippen LogP contribution < -0.4 is 15.2 Å². The van der Waals surface area contributed by atoms with Gasteiger partial charge in [-0.2, -0.15) is 0 Å². The number of nitrogens with one attached hydrogen (secondary N) is 1. The van der Waals surface area contributed by atoms with Crippen LogP contribution in [-0.4, -0.2) is 26.2 Å². The highest BCUT2D eigenvalue weighted by atomic mass is 32.2. The number of anilines is 1. The van der Waals surface area contributed by atoms with Crippen molar-refractivity contribution in [2.24, 2.45) is 5.14 Å². The third-order valence-electron chi connectivity index (χ3n) is 6.27. The number of non-ortho nitro benzene ring substituents is 1. The molecule has 4 rings (SSSR count). The Balaban J connectivity index is 1.49. The van der Waals surface area contributed by atoms with Crippen molar-refractivity contribution in [3.8, 4) is 5.75 Å². The minimum Gasteiger partial charge on any atom is -0.497 e. The lowest BCUT2D eigenvalue weighted by atomic mass is 9.96. The normalized spacial score (nSPS) is 12.2. The zero-order valence-corrected chi connectivity index (χ0v) is 21.5. The first-order chi connectivity index (χ1) is 18.1. The number of fused-ring (bicyclic) bond motifs is 1. The molecule has 0 saturated carbocycles. The van der Waals surface area contributed by atoms with Crippen molar-refractivity contribution < 1.29 is 22.9 Å². The van der Waals surface area contributed by atoms with Crippen LogP contribution in [0.5, 0.6) is 5.75 Å². The number of aryl methyl sites for hydroxylation is 1. The van der Waals surface area contributed by atoms with Crippen molar-refractivity contribution >= 4 is 38.0 Å². The van der Waals surface area contributed by atoms with Crippen molar-refractivity contribution in [2.75, 3.05) is 12.4 Å². The number of primary sulfonamides is 1. The molecule has 0 fully saturated rings. The second kappa shape index (κ2) is 11.4. The van der Waals surface area contributed by atoms with E-state index in [2.05, 4.69) is 11.4 Å². The fourth-order valence-electron chi connectivity index (χ4n) is 4.19. The van der Waals surface area contributed by atoms with Gasteiger partial charge in [-0.1, -0.05) is 36.4 Å². The maximum absolute atomic E-state index is 13.0. The van der Waals surface area contributed by atoms with Gasteiger partial charge in [0, 0.05) is 30.7 Å². The number of ether oxygens (including phenoxy) is 1. The Kier molecular flexibility index (Phi) is 8.04. The van der Waals surface area contributed by atoms with Gasteiger partial charge in [-0.15, -0.1) is 0 Å². The zero-order chi connectivity index (χ0) is 27.3. The summed E-state index contributed by atoms with van der Waals surface area (Å²) in [5.74, 6) is 0.793. The smallest absolute Gasteiger partial charge is 0.269 e. The summed E-state index contributed by atoms with van der Waals surface area (Å²) in [5.41, 5.74) is 2.26. The topological polar surface area (TPSA) is 142 Å². The van der Waals surface area contributed by atoms with Crippen LogP contribution in [0.25, 0.3) is 10.8 Å². The van der Waals surface area contributed by atoms with E-state index in [0.29, 0.717) is 24.1 Å². The van der Waals surface area contributed by atoms with Gasteiger partial charge in [-0.25, -0.2) is 13.6 Å². The largest absolute Gasteiger partial charge is 0.497 e. The molecule has 1 unspecified atom stereocenters. The number of ketones is 1. The Hall–Kier alpha value is -4.28. The van der Waals surface area contributed by atoms with Gasteiger partial charge in [0.2, 0.25) is 10.0 Å². The van der Waals surface area contributed by atoms with E-state index in [4.69, 9.17) is 9.88 Å². The fourth-order valence-corrected chi connectivity index (χ4v) is 4.71. The van der Waals surface area contributed by atoms with Crippen LogP contribution in [0.1, 0.15) is 30.0 Å². The highest BCUT2D eigenvalue weighted by molar-refractivity contribution is 7.89. The molecule has 0 heterocycles. The monoisotopic (exact) mass is 533 g/mol. The highest BCUT2D eigenvalue weighted by Gasteiger charge is 2.18. The average molecular weight is 534 g/mol. The summed E-state index contributed by atoms with van der Waals surface area (Å²) in [5, 5.41) is 21.6. The van der Waals surface area contributed by atoms with Crippen molar-refractivity contribution in [2.45, 2.75) is 30.2 Å². The molecule has 0 saturated heterocycles. The summed E-state index contributed by atoms with van der Waals surface area (Å²) in [6.45, 7) is 0. The number of sulfonamides is 1. The van der Waals surface area contributed by atoms with E-state index in [1.165, 1.54) is 24.3 Å². The molecule has 0 bridgehead atoms. The lowest BCUT2D eigenvalue weighted by Gasteiger charge is -2.20. The molecule has 10 heteroatoms. The minimum absolute atomic E-state index is 0.0110. The van der Waals surface area contributed by atoms with E-state index in [1.807, 2.05) is 30.3 Å². The van der Waals surface area contributed by atoms with Crippen molar-refractivity contribution in [3.63, 3.8) is 0 Å². The standard InChI is InChI=1S/C28H27N3O6S/c1-37-26-13-7-21-16-19(2-4-22(21)17-26)3-12-25(32)18-28(20-5-10-24(11-6-20)31(33)34)30-23-8-14-27(15-9-23)38(29,35)36/h2,4-11,13-17,28,30H,3,12,18H2,1H3,(H2,29,35,36). The van der Waals surface area contributed by atoms with Gasteiger partial charge in [-0.3, -0.25) is 14.9 Å². The Bertz CT molecular complexity index is 1570. The number of nitrogens with zero attached hydrogens (tertiary/aromatic N) is 1. The van der Waals surface area contributed by atoms with Crippen molar-refractivity contribution in [3.05, 3.63) is 106 Å². The Morgan fingerprint density at radius 3 is 2.26 bits per heavy atom. The second-order valence-corrected chi connectivity index (χ2v) is 10.5. The number of carbonyl (C=O) groups is 1. The van der Waals surface area contributed by atoms with E-state index in [-0.39, 0.29) is 22.8 Å². The van der Waals surface area contributed by atoms with E-state index in [0.717, 1.165) is 22.1 Å². The van der Waals surface area contributed by atoms with Crippen molar-refractivity contribution in [1.29, 1.82) is 0 Å². The Labute approximate surface area is 220 Å². The molecular formula is C28H27N3O6S. The maximum atomic E-state index is 13.0. The first kappa shape index (κ1) is 26.8. The Morgan fingerprint density at radius 2 is 1.63 bits per heavy atom. The van der Waals surface area contributed by atoms with E-state index < -0.39 is 21.0 Å². The summed E-state index contributed by atoms with van der Waals surface area (Å²) in [6, 6.07) is 23.3. The van der Waals surface area contributed by atoms with Gasteiger partial charge in [0.05, 0.1) is 23.0 Å². The average Bonchev–Trinajstić information content (AvgIpc) is 2.91. The van der Waals surface area contributed by atoms with Gasteiger partial charge in [0.25, 0.3) is 5.69 Å². The molecule has 1 atom stereocenters. The second-order valence-electron chi connectivity index (χ2n) is 8.91. The predicted molar refractivity (Wildman–Crippen MR) is 146 cm³/mol. The number of methoxy groups -OCH3 is 1. The number of Topliss-reactive ketones (excluding diaryl/α,β-unsaturated/α-hetero) is 1. The molecule has 0 aliphatic heterocycles. The molecule has 3 N–H and O–H groups in total. The number of rotatable bonds is 11. The van der Waals surface area contributed by atoms with Gasteiger partial charge in [0.1, 0.15) is 11.5 Å². The molecular weight excluding hydrogens is 506 g/mol. The van der Waals surface area contributed by atoms with Gasteiger partial charge in [-0.05, 0) is 64.7 Å². The molecule has 0 amide bonds. The van der Waals surface area contributed by atoms with Crippen molar-refractivity contribution in [1.82, 2.24) is 0 Å². The van der Waals surface area contributed by atoms with Crippen LogP contribution in [0.4, 0.5) is 11.4 Å². The van der Waals surface area contributed by atoms with Gasteiger partial charge in [0.15, 0.2) is 0 Å². The van der Waals surface area contributed by atoms with Crippen LogP contribution in [0.2, 0.25) is 0 Å². The molecule has 0 aromatic heterocycles. The SMILES string of the molecule is COc1ccc2cc(CCC(=O)CC(Nc3ccc(S(N)(=O)=O)cc3)c3ccc([N+](=O)[O-])cc3)ccc2c1. The van der Waals surface area contributed by atoms with Gasteiger partial charge >= 0.3 is 0 Å². The van der Waals surface area contributed by atoms with Crippen LogP contribution in [0.15, 0.2) is 89.8 Å².